The molecule has 0 atom stereocenters. The van der Waals surface area contributed by atoms with Crippen LogP contribution in [0.25, 0.3) is 6.08 Å². The molecular formula is C10H13NO2S2. The summed E-state index contributed by atoms with van der Waals surface area (Å²) in [5.41, 5.74) is 0. The number of carboxylic acids is 1. The molecule has 0 aliphatic rings. The van der Waals surface area contributed by atoms with E-state index in [9.17, 15) is 4.79 Å². The first-order valence-electron chi connectivity index (χ1n) is 4.55. The summed E-state index contributed by atoms with van der Waals surface area (Å²) in [6.45, 7) is 4.28. The van der Waals surface area contributed by atoms with Crippen molar-refractivity contribution in [2.75, 3.05) is 0 Å². The molecule has 82 valence electrons. The molecule has 1 N–H and O–H groups in total. The minimum atomic E-state index is -0.929. The molecule has 0 saturated heterocycles. The molecule has 3 nitrogen and oxygen atoms in total. The Balaban J connectivity index is 2.52. The predicted molar refractivity (Wildman–Crippen MR) is 65.2 cm³/mol. The summed E-state index contributed by atoms with van der Waals surface area (Å²) in [7, 11) is 0. The van der Waals surface area contributed by atoms with Gasteiger partial charge in [-0.2, -0.15) is 11.8 Å². The zero-order chi connectivity index (χ0) is 11.3. The molecule has 1 aromatic rings. The van der Waals surface area contributed by atoms with E-state index in [1.54, 1.807) is 12.3 Å². The Morgan fingerprint density at radius 1 is 1.73 bits per heavy atom. The van der Waals surface area contributed by atoms with Gasteiger partial charge in [0.15, 0.2) is 0 Å². The first-order valence-corrected chi connectivity index (χ1v) is 6.42. The van der Waals surface area contributed by atoms with Gasteiger partial charge in [0.05, 0.1) is 0 Å². The molecule has 0 unspecified atom stereocenters. The Hall–Kier alpha value is -0.810. The number of hydrogen-bond acceptors (Lipinski definition) is 4. The van der Waals surface area contributed by atoms with Crippen LogP contribution < -0.4 is 0 Å². The lowest BCUT2D eigenvalue weighted by Gasteiger charge is -2.00. The zero-order valence-electron chi connectivity index (χ0n) is 8.64. The highest BCUT2D eigenvalue weighted by atomic mass is 32.2. The van der Waals surface area contributed by atoms with Crippen molar-refractivity contribution in [2.45, 2.75) is 24.9 Å². The first kappa shape index (κ1) is 12.3. The van der Waals surface area contributed by atoms with Gasteiger partial charge in [0, 0.05) is 22.9 Å². The summed E-state index contributed by atoms with van der Waals surface area (Å²) in [5.74, 6) is -0.0371. The average Bonchev–Trinajstić information content (AvgIpc) is 2.59. The highest BCUT2D eigenvalue weighted by Crippen LogP contribution is 2.22. The van der Waals surface area contributed by atoms with Crippen LogP contribution in [0.5, 0.6) is 0 Å². The second-order valence-corrected chi connectivity index (χ2v) is 5.90. The fourth-order valence-corrected chi connectivity index (χ4v) is 2.47. The third-order valence-corrected chi connectivity index (χ3v) is 3.75. The van der Waals surface area contributed by atoms with Gasteiger partial charge in [-0.1, -0.05) is 13.8 Å². The Labute approximate surface area is 97.2 Å². The second kappa shape index (κ2) is 5.92. The highest BCUT2D eigenvalue weighted by molar-refractivity contribution is 7.99. The van der Waals surface area contributed by atoms with Crippen molar-refractivity contribution in [1.29, 1.82) is 0 Å². The number of aromatic nitrogens is 1. The van der Waals surface area contributed by atoms with Crippen LogP contribution in [0.1, 0.15) is 23.7 Å². The summed E-state index contributed by atoms with van der Waals surface area (Å²) >= 11 is 3.36. The molecule has 0 bridgehead atoms. The first-order chi connectivity index (χ1) is 7.08. The summed E-state index contributed by atoms with van der Waals surface area (Å²) in [4.78, 5) is 15.4. The lowest BCUT2D eigenvalue weighted by atomic mass is 10.4. The van der Waals surface area contributed by atoms with Gasteiger partial charge in [-0.25, -0.2) is 9.78 Å². The zero-order valence-corrected chi connectivity index (χ0v) is 10.3. The summed E-state index contributed by atoms with van der Waals surface area (Å²) < 4.78 is 0. The fraction of sp³-hybridized carbons (Fsp3) is 0.400. The van der Waals surface area contributed by atoms with E-state index in [1.807, 2.05) is 11.8 Å². The molecule has 5 heteroatoms. The van der Waals surface area contributed by atoms with Gasteiger partial charge in [-0.15, -0.1) is 11.3 Å². The maximum atomic E-state index is 10.3. The minimum absolute atomic E-state index is 0.590. The third kappa shape index (κ3) is 4.99. The van der Waals surface area contributed by atoms with Crippen LogP contribution in [0, 0.1) is 0 Å². The van der Waals surface area contributed by atoms with E-state index in [2.05, 4.69) is 18.8 Å². The molecule has 0 fully saturated rings. The van der Waals surface area contributed by atoms with E-state index in [-0.39, 0.29) is 0 Å². The van der Waals surface area contributed by atoms with Gasteiger partial charge in [-0.3, -0.25) is 0 Å². The standard InChI is InChI=1S/C10H13NO2S2/c1-7(2)14-6-9-11-5-8(15-9)3-4-10(12)13/h3-5,7H,6H2,1-2H3,(H,12,13)/b4-3+. The van der Waals surface area contributed by atoms with Crippen LogP contribution in [0.3, 0.4) is 0 Å². The van der Waals surface area contributed by atoms with E-state index in [1.165, 1.54) is 11.3 Å². The molecule has 1 rings (SSSR count). The molecule has 0 radical (unpaired) electrons. The van der Waals surface area contributed by atoms with Gasteiger partial charge < -0.3 is 5.11 Å². The number of carboxylic acid groups (broad SMARTS) is 1. The van der Waals surface area contributed by atoms with Crippen LogP contribution in [-0.4, -0.2) is 21.3 Å². The Bertz CT molecular complexity index is 358. The van der Waals surface area contributed by atoms with Crippen molar-refractivity contribution in [2.24, 2.45) is 0 Å². The summed E-state index contributed by atoms with van der Waals surface area (Å²) in [6, 6.07) is 0. The maximum Gasteiger partial charge on any atom is 0.328 e. The topological polar surface area (TPSA) is 50.2 Å². The monoisotopic (exact) mass is 243 g/mol. The van der Waals surface area contributed by atoms with Crippen LogP contribution in [0.15, 0.2) is 12.3 Å². The highest BCUT2D eigenvalue weighted by Gasteiger charge is 2.02. The largest absolute Gasteiger partial charge is 0.478 e. The van der Waals surface area contributed by atoms with E-state index >= 15 is 0 Å². The van der Waals surface area contributed by atoms with Gasteiger partial charge in [0.2, 0.25) is 0 Å². The number of thioether (sulfide) groups is 1. The Morgan fingerprint density at radius 3 is 3.07 bits per heavy atom. The fourth-order valence-electron chi connectivity index (χ4n) is 0.860. The number of nitrogens with zero attached hydrogens (tertiary/aromatic N) is 1. The van der Waals surface area contributed by atoms with Crippen LogP contribution in [-0.2, 0) is 10.5 Å². The second-order valence-electron chi connectivity index (χ2n) is 3.19. The summed E-state index contributed by atoms with van der Waals surface area (Å²) in [5, 5.41) is 10.1. The molecule has 0 aliphatic carbocycles. The molecule has 15 heavy (non-hydrogen) atoms. The normalized spacial score (nSPS) is 11.4. The molecule has 1 heterocycles. The summed E-state index contributed by atoms with van der Waals surface area (Å²) in [6.07, 6.45) is 4.41. The Morgan fingerprint density at radius 2 is 2.47 bits per heavy atom. The number of carbonyl (C=O) groups is 1. The van der Waals surface area contributed by atoms with Crippen molar-refractivity contribution >= 4 is 35.1 Å². The average molecular weight is 243 g/mol. The van der Waals surface area contributed by atoms with Crippen LogP contribution in [0.4, 0.5) is 0 Å². The quantitative estimate of drug-likeness (QED) is 0.808. The van der Waals surface area contributed by atoms with Gasteiger partial charge >= 0.3 is 5.97 Å². The van der Waals surface area contributed by atoms with Crippen LogP contribution >= 0.6 is 23.1 Å². The molecule has 1 aromatic heterocycles. The van der Waals surface area contributed by atoms with Crippen molar-refractivity contribution in [3.63, 3.8) is 0 Å². The smallest absolute Gasteiger partial charge is 0.328 e. The lowest BCUT2D eigenvalue weighted by molar-refractivity contribution is -0.131. The van der Waals surface area contributed by atoms with Crippen LogP contribution in [0.2, 0.25) is 0 Å². The van der Waals surface area contributed by atoms with E-state index in [0.29, 0.717) is 5.25 Å². The molecule has 0 aliphatic heterocycles. The molecular weight excluding hydrogens is 230 g/mol. The number of aliphatic carboxylic acids is 1. The molecule has 0 saturated carbocycles. The number of rotatable bonds is 5. The van der Waals surface area contributed by atoms with E-state index < -0.39 is 5.97 Å². The van der Waals surface area contributed by atoms with Crippen molar-refractivity contribution in [3.8, 4) is 0 Å². The van der Waals surface area contributed by atoms with E-state index in [0.717, 1.165) is 21.7 Å². The van der Waals surface area contributed by atoms with Crippen molar-refractivity contribution in [3.05, 3.63) is 22.2 Å². The Kier molecular flexibility index (Phi) is 4.84. The number of hydrogen-bond donors (Lipinski definition) is 1. The molecule has 0 aromatic carbocycles. The van der Waals surface area contributed by atoms with E-state index in [4.69, 9.17) is 5.11 Å². The number of thiazole rings is 1. The minimum Gasteiger partial charge on any atom is -0.478 e. The van der Waals surface area contributed by atoms with Crippen molar-refractivity contribution < 1.29 is 9.90 Å². The molecule has 0 amide bonds. The van der Waals surface area contributed by atoms with Crippen molar-refractivity contribution in [1.82, 2.24) is 4.98 Å². The lowest BCUT2D eigenvalue weighted by Crippen LogP contribution is -1.87. The predicted octanol–water partition coefficient (Wildman–Crippen LogP) is 2.88. The SMILES string of the molecule is CC(C)SCc1ncc(/C=C/C(=O)O)s1. The molecule has 0 spiro atoms. The van der Waals surface area contributed by atoms with Gasteiger partial charge in [-0.05, 0) is 11.3 Å². The third-order valence-electron chi connectivity index (χ3n) is 1.50. The maximum absolute atomic E-state index is 10.3. The van der Waals surface area contributed by atoms with Gasteiger partial charge in [0.25, 0.3) is 0 Å². The van der Waals surface area contributed by atoms with Gasteiger partial charge in [0.1, 0.15) is 5.01 Å².